The molecular formula is C26H30N4O6. The standard InChI is InChI=1S/C26H30N4O6/c1-17(2)36-21-8-6-18(7-9-21)24(31)22-23(19-4-3-5-20(16-19)30(34)35)29(26(33)25(22)32)15-14-28-12-10-27-11-13-28/h3-9,16-17,23,27,31H,10-15H2,1-2H3/t23-/m0/s1. The Bertz CT molecular complexity index is 1170. The molecule has 0 aromatic heterocycles. The molecule has 0 unspecified atom stereocenters. The summed E-state index contributed by atoms with van der Waals surface area (Å²) in [6, 6.07) is 11.5. The molecule has 2 aliphatic heterocycles. The third-order valence-corrected chi connectivity index (χ3v) is 6.30. The number of nitro groups is 1. The van der Waals surface area contributed by atoms with Gasteiger partial charge in [-0.1, -0.05) is 12.1 Å². The van der Waals surface area contributed by atoms with Crippen LogP contribution in [-0.2, 0) is 9.59 Å². The lowest BCUT2D eigenvalue weighted by molar-refractivity contribution is -0.384. The Morgan fingerprint density at radius 1 is 1.14 bits per heavy atom. The van der Waals surface area contributed by atoms with E-state index in [1.807, 2.05) is 13.8 Å². The van der Waals surface area contributed by atoms with Gasteiger partial charge in [0.1, 0.15) is 11.5 Å². The first-order valence-electron chi connectivity index (χ1n) is 12.0. The van der Waals surface area contributed by atoms with Gasteiger partial charge in [-0.3, -0.25) is 24.6 Å². The van der Waals surface area contributed by atoms with E-state index < -0.39 is 22.7 Å². The van der Waals surface area contributed by atoms with Crippen molar-refractivity contribution in [1.82, 2.24) is 15.1 Å². The van der Waals surface area contributed by atoms with Gasteiger partial charge in [0.15, 0.2) is 0 Å². The van der Waals surface area contributed by atoms with E-state index in [0.717, 1.165) is 26.2 Å². The largest absolute Gasteiger partial charge is 0.507 e. The number of nitro benzene ring substituents is 1. The second-order valence-electron chi connectivity index (χ2n) is 9.13. The fourth-order valence-corrected chi connectivity index (χ4v) is 4.57. The van der Waals surface area contributed by atoms with Crippen molar-refractivity contribution >= 4 is 23.1 Å². The summed E-state index contributed by atoms with van der Waals surface area (Å²) in [5.41, 5.74) is 0.500. The quantitative estimate of drug-likeness (QED) is 0.189. The van der Waals surface area contributed by atoms with E-state index in [1.54, 1.807) is 30.3 Å². The highest BCUT2D eigenvalue weighted by atomic mass is 16.6. The zero-order chi connectivity index (χ0) is 25.8. The number of hydrogen-bond acceptors (Lipinski definition) is 8. The zero-order valence-electron chi connectivity index (χ0n) is 20.3. The Morgan fingerprint density at radius 3 is 2.47 bits per heavy atom. The second kappa shape index (κ2) is 10.9. The lowest BCUT2D eigenvalue weighted by Gasteiger charge is -2.31. The minimum atomic E-state index is -0.945. The number of aliphatic hydroxyl groups excluding tert-OH is 1. The minimum absolute atomic E-state index is 0.0284. The highest BCUT2D eigenvalue weighted by Crippen LogP contribution is 2.40. The van der Waals surface area contributed by atoms with Crippen LogP contribution in [0.3, 0.4) is 0 Å². The third-order valence-electron chi connectivity index (χ3n) is 6.30. The molecule has 2 aromatic carbocycles. The van der Waals surface area contributed by atoms with E-state index in [2.05, 4.69) is 10.2 Å². The van der Waals surface area contributed by atoms with E-state index in [1.165, 1.54) is 23.1 Å². The average molecular weight is 495 g/mol. The molecule has 1 atom stereocenters. The summed E-state index contributed by atoms with van der Waals surface area (Å²) in [7, 11) is 0. The van der Waals surface area contributed by atoms with Gasteiger partial charge in [0.05, 0.1) is 22.6 Å². The molecule has 2 aromatic rings. The van der Waals surface area contributed by atoms with Crippen molar-refractivity contribution in [1.29, 1.82) is 0 Å². The van der Waals surface area contributed by atoms with Gasteiger partial charge in [-0.05, 0) is 43.7 Å². The minimum Gasteiger partial charge on any atom is -0.507 e. The molecular weight excluding hydrogens is 464 g/mol. The van der Waals surface area contributed by atoms with Gasteiger partial charge < -0.3 is 20.1 Å². The van der Waals surface area contributed by atoms with Crippen LogP contribution in [0.15, 0.2) is 54.1 Å². The van der Waals surface area contributed by atoms with Gasteiger partial charge >= 0.3 is 0 Å². The van der Waals surface area contributed by atoms with Crippen LogP contribution >= 0.6 is 0 Å². The van der Waals surface area contributed by atoms with Gasteiger partial charge in [-0.15, -0.1) is 0 Å². The second-order valence-corrected chi connectivity index (χ2v) is 9.13. The molecule has 2 saturated heterocycles. The van der Waals surface area contributed by atoms with Crippen LogP contribution in [0, 0.1) is 10.1 Å². The summed E-state index contributed by atoms with van der Waals surface area (Å²) < 4.78 is 5.65. The number of Topliss-reactive ketones (excluding diaryl/α,β-unsaturated/α-hetero) is 1. The van der Waals surface area contributed by atoms with Crippen molar-refractivity contribution in [2.24, 2.45) is 0 Å². The maximum atomic E-state index is 13.2. The SMILES string of the molecule is CC(C)Oc1ccc(C(O)=C2C(=O)C(=O)N(CCN3CCNCC3)[C@H]2c2cccc([N+](=O)[O-])c2)cc1. The summed E-state index contributed by atoms with van der Waals surface area (Å²) in [4.78, 5) is 40.9. The summed E-state index contributed by atoms with van der Waals surface area (Å²) in [5, 5.41) is 25.9. The number of aliphatic hydroxyl groups is 1. The van der Waals surface area contributed by atoms with Crippen LogP contribution < -0.4 is 10.1 Å². The lowest BCUT2D eigenvalue weighted by atomic mass is 9.95. The zero-order valence-corrected chi connectivity index (χ0v) is 20.3. The number of non-ortho nitro benzene ring substituents is 1. The van der Waals surface area contributed by atoms with E-state index in [-0.39, 0.29) is 29.7 Å². The maximum Gasteiger partial charge on any atom is 0.295 e. The smallest absolute Gasteiger partial charge is 0.295 e. The third kappa shape index (κ3) is 5.39. The van der Waals surface area contributed by atoms with Crippen molar-refractivity contribution in [3.63, 3.8) is 0 Å². The number of carbonyl (C=O) groups is 2. The predicted octanol–water partition coefficient (Wildman–Crippen LogP) is 2.71. The molecule has 36 heavy (non-hydrogen) atoms. The molecule has 0 spiro atoms. The molecule has 190 valence electrons. The Morgan fingerprint density at radius 2 is 1.83 bits per heavy atom. The van der Waals surface area contributed by atoms with Gasteiger partial charge in [0.2, 0.25) is 0 Å². The van der Waals surface area contributed by atoms with Gasteiger partial charge in [-0.2, -0.15) is 0 Å². The Balaban J connectivity index is 1.73. The topological polar surface area (TPSA) is 125 Å². The highest BCUT2D eigenvalue weighted by Gasteiger charge is 2.46. The summed E-state index contributed by atoms with van der Waals surface area (Å²) in [5.74, 6) is -1.27. The van der Waals surface area contributed by atoms with Crippen molar-refractivity contribution in [3.05, 3.63) is 75.3 Å². The van der Waals surface area contributed by atoms with E-state index in [4.69, 9.17) is 4.74 Å². The Kier molecular flexibility index (Phi) is 7.66. The Labute approximate surface area is 209 Å². The summed E-state index contributed by atoms with van der Waals surface area (Å²) in [6.45, 7) is 7.89. The summed E-state index contributed by atoms with van der Waals surface area (Å²) >= 11 is 0. The molecule has 2 N–H and O–H groups in total. The molecule has 2 aliphatic rings. The number of hydrogen-bond donors (Lipinski definition) is 2. The molecule has 4 rings (SSSR count). The van der Waals surface area contributed by atoms with E-state index >= 15 is 0 Å². The molecule has 0 saturated carbocycles. The van der Waals surface area contributed by atoms with Gasteiger partial charge in [0.25, 0.3) is 17.4 Å². The Hall–Kier alpha value is -3.76. The summed E-state index contributed by atoms with van der Waals surface area (Å²) in [6.07, 6.45) is -0.0284. The lowest BCUT2D eigenvalue weighted by Crippen LogP contribution is -2.46. The fourth-order valence-electron chi connectivity index (χ4n) is 4.57. The number of likely N-dealkylation sites (tertiary alicyclic amines) is 1. The predicted molar refractivity (Wildman–Crippen MR) is 134 cm³/mol. The first-order valence-corrected chi connectivity index (χ1v) is 12.0. The maximum absolute atomic E-state index is 13.2. The van der Waals surface area contributed by atoms with Crippen LogP contribution in [0.25, 0.3) is 5.76 Å². The van der Waals surface area contributed by atoms with Crippen molar-refractivity contribution < 1.29 is 24.4 Å². The number of piperazine rings is 1. The van der Waals surface area contributed by atoms with Gasteiger partial charge in [-0.25, -0.2) is 0 Å². The molecule has 2 heterocycles. The first-order chi connectivity index (χ1) is 17.3. The monoisotopic (exact) mass is 494 g/mol. The number of ether oxygens (including phenoxy) is 1. The van der Waals surface area contributed by atoms with Crippen LogP contribution in [0.1, 0.15) is 31.0 Å². The molecule has 1 amide bonds. The molecule has 2 fully saturated rings. The van der Waals surface area contributed by atoms with E-state index in [0.29, 0.717) is 23.4 Å². The number of rotatable bonds is 8. The molecule has 10 nitrogen and oxygen atoms in total. The van der Waals surface area contributed by atoms with Crippen LogP contribution in [0.4, 0.5) is 5.69 Å². The highest BCUT2D eigenvalue weighted by molar-refractivity contribution is 6.46. The van der Waals surface area contributed by atoms with Crippen LogP contribution in [-0.4, -0.2) is 76.9 Å². The van der Waals surface area contributed by atoms with Crippen molar-refractivity contribution in [3.8, 4) is 5.75 Å². The number of nitrogens with one attached hydrogen (secondary N) is 1. The molecule has 0 aliphatic carbocycles. The molecule has 0 bridgehead atoms. The molecule has 0 radical (unpaired) electrons. The normalized spacial score (nSPS) is 20.2. The van der Waals surface area contributed by atoms with Crippen LogP contribution in [0.5, 0.6) is 5.75 Å². The van der Waals surface area contributed by atoms with Gasteiger partial charge in [0, 0.05) is 57.0 Å². The van der Waals surface area contributed by atoms with E-state index in [9.17, 15) is 24.8 Å². The van der Waals surface area contributed by atoms with Crippen LogP contribution in [0.2, 0.25) is 0 Å². The number of carbonyl (C=O) groups excluding carboxylic acids is 2. The number of nitrogens with zero attached hydrogens (tertiary/aromatic N) is 3. The first kappa shape index (κ1) is 25.3. The number of amides is 1. The molecule has 10 heteroatoms. The average Bonchev–Trinajstić information content (AvgIpc) is 3.12. The fraction of sp³-hybridized carbons (Fsp3) is 0.385. The number of ketones is 1. The van der Waals surface area contributed by atoms with Crippen molar-refractivity contribution in [2.45, 2.75) is 26.0 Å². The number of benzene rings is 2. The van der Waals surface area contributed by atoms with Crippen molar-refractivity contribution in [2.75, 3.05) is 39.3 Å².